The Morgan fingerprint density at radius 2 is 1.86 bits per heavy atom. The van der Waals surface area contributed by atoms with E-state index in [1.807, 2.05) is 4.68 Å². The number of hydrogen-bond donors (Lipinski definition) is 0. The van der Waals surface area contributed by atoms with Crippen LogP contribution in [0.2, 0.25) is 10.0 Å². The van der Waals surface area contributed by atoms with Gasteiger partial charge >= 0.3 is 0 Å². The highest BCUT2D eigenvalue weighted by Gasteiger charge is 2.20. The molecule has 1 fully saturated rings. The largest absolute Gasteiger partial charge is 0.492 e. The van der Waals surface area contributed by atoms with Crippen LogP contribution in [0, 0.1) is 0 Å². The Kier molecular flexibility index (Phi) is 5.18. The Balaban J connectivity index is 1.42. The summed E-state index contributed by atoms with van der Waals surface area (Å²) in [6.45, 7) is 3.62. The number of ether oxygens (including phenoxy) is 1. The molecule has 0 unspecified atom stereocenters. The highest BCUT2D eigenvalue weighted by atomic mass is 35.5. The number of nitrogens with zero attached hydrogens (tertiary/aromatic N) is 4. The fourth-order valence-electron chi connectivity index (χ4n) is 2.72. The average molecular weight is 341 g/mol. The lowest BCUT2D eigenvalue weighted by atomic mass is 10.1. The van der Waals surface area contributed by atoms with Crippen molar-refractivity contribution in [2.24, 2.45) is 0 Å². The summed E-state index contributed by atoms with van der Waals surface area (Å²) < 4.78 is 7.69. The molecule has 2 aromatic rings. The Hall–Kier alpha value is -1.30. The maximum Gasteiger partial charge on any atom is 0.137 e. The molecule has 1 aromatic carbocycles. The predicted octanol–water partition coefficient (Wildman–Crippen LogP) is 3.30. The molecule has 22 heavy (non-hydrogen) atoms. The second-order valence-corrected chi connectivity index (χ2v) is 6.27. The number of benzene rings is 1. The van der Waals surface area contributed by atoms with Gasteiger partial charge < -0.3 is 4.74 Å². The van der Waals surface area contributed by atoms with Crippen LogP contribution in [0.4, 0.5) is 0 Å². The minimum Gasteiger partial charge on any atom is -0.492 e. The van der Waals surface area contributed by atoms with E-state index in [2.05, 4.69) is 15.0 Å². The predicted molar refractivity (Wildman–Crippen MR) is 86.7 cm³/mol. The molecule has 0 atom stereocenters. The highest BCUT2D eigenvalue weighted by molar-refractivity contribution is 6.34. The van der Waals surface area contributed by atoms with Crippen LogP contribution in [0.25, 0.3) is 0 Å². The molecule has 7 heteroatoms. The lowest BCUT2D eigenvalue weighted by Crippen LogP contribution is -2.37. The van der Waals surface area contributed by atoms with Crippen molar-refractivity contribution in [3.8, 4) is 5.75 Å². The second-order valence-electron chi connectivity index (χ2n) is 5.40. The van der Waals surface area contributed by atoms with Gasteiger partial charge in [-0.15, -0.1) is 0 Å². The number of halogens is 2. The molecule has 1 saturated heterocycles. The van der Waals surface area contributed by atoms with Gasteiger partial charge in [0.2, 0.25) is 0 Å². The molecule has 0 aliphatic carbocycles. The molecular formula is C15H18Cl2N4O. The van der Waals surface area contributed by atoms with Crippen molar-refractivity contribution in [3.05, 3.63) is 40.9 Å². The summed E-state index contributed by atoms with van der Waals surface area (Å²) in [6.07, 6.45) is 5.57. The fourth-order valence-corrected chi connectivity index (χ4v) is 3.22. The minimum atomic E-state index is 0.464. The zero-order chi connectivity index (χ0) is 15.4. The van der Waals surface area contributed by atoms with Gasteiger partial charge in [0, 0.05) is 29.7 Å². The van der Waals surface area contributed by atoms with Crippen LogP contribution < -0.4 is 4.74 Å². The normalized spacial score (nSPS) is 16.8. The van der Waals surface area contributed by atoms with Gasteiger partial charge in [0.05, 0.1) is 6.04 Å². The summed E-state index contributed by atoms with van der Waals surface area (Å²) in [5.74, 6) is 0.718. The Labute approximate surface area is 139 Å². The molecule has 118 valence electrons. The van der Waals surface area contributed by atoms with E-state index in [1.54, 1.807) is 30.9 Å². The molecule has 0 saturated carbocycles. The standard InChI is InChI=1S/C15H18Cl2N4O/c16-12-7-13(17)9-15(8-12)22-6-5-20-3-1-14(2-4-20)21-11-18-10-19-21/h7-11,14H,1-6H2. The first-order valence-corrected chi connectivity index (χ1v) is 8.11. The Morgan fingerprint density at radius 3 is 2.50 bits per heavy atom. The van der Waals surface area contributed by atoms with Gasteiger partial charge in [-0.3, -0.25) is 4.90 Å². The summed E-state index contributed by atoms with van der Waals surface area (Å²) in [4.78, 5) is 6.41. The van der Waals surface area contributed by atoms with Crippen molar-refractivity contribution in [1.29, 1.82) is 0 Å². The third kappa shape index (κ3) is 4.12. The van der Waals surface area contributed by atoms with Crippen molar-refractivity contribution in [3.63, 3.8) is 0 Å². The molecule has 5 nitrogen and oxygen atoms in total. The smallest absolute Gasteiger partial charge is 0.137 e. The molecule has 3 rings (SSSR count). The van der Waals surface area contributed by atoms with Crippen LogP contribution in [0.3, 0.4) is 0 Å². The van der Waals surface area contributed by atoms with E-state index < -0.39 is 0 Å². The zero-order valence-electron chi connectivity index (χ0n) is 12.2. The maximum atomic E-state index is 5.95. The maximum absolute atomic E-state index is 5.95. The van der Waals surface area contributed by atoms with E-state index in [4.69, 9.17) is 27.9 Å². The molecule has 2 heterocycles. The number of aromatic nitrogens is 3. The van der Waals surface area contributed by atoms with Gasteiger partial charge in [0.25, 0.3) is 0 Å². The highest BCUT2D eigenvalue weighted by Crippen LogP contribution is 2.24. The van der Waals surface area contributed by atoms with E-state index in [0.29, 0.717) is 22.7 Å². The summed E-state index contributed by atoms with van der Waals surface area (Å²) in [5.41, 5.74) is 0. The molecule has 1 aliphatic heterocycles. The minimum absolute atomic E-state index is 0.464. The van der Waals surface area contributed by atoms with Crippen molar-refractivity contribution in [1.82, 2.24) is 19.7 Å². The van der Waals surface area contributed by atoms with E-state index in [9.17, 15) is 0 Å². The van der Waals surface area contributed by atoms with Crippen LogP contribution in [-0.4, -0.2) is 45.9 Å². The van der Waals surface area contributed by atoms with Gasteiger partial charge in [0.1, 0.15) is 25.0 Å². The molecule has 0 bridgehead atoms. The number of rotatable bonds is 5. The Morgan fingerprint density at radius 1 is 1.14 bits per heavy atom. The van der Waals surface area contributed by atoms with Crippen LogP contribution >= 0.6 is 23.2 Å². The Bertz CT molecular complexity index is 577. The second kappa shape index (κ2) is 7.31. The third-order valence-corrected chi connectivity index (χ3v) is 4.32. The average Bonchev–Trinajstić information content (AvgIpc) is 3.01. The first-order chi connectivity index (χ1) is 10.7. The molecule has 0 radical (unpaired) electrons. The van der Waals surface area contributed by atoms with E-state index in [0.717, 1.165) is 38.2 Å². The summed E-state index contributed by atoms with van der Waals surface area (Å²) in [5, 5.41) is 5.41. The van der Waals surface area contributed by atoms with Crippen LogP contribution in [-0.2, 0) is 0 Å². The van der Waals surface area contributed by atoms with Gasteiger partial charge in [-0.2, -0.15) is 5.10 Å². The summed E-state index contributed by atoms with van der Waals surface area (Å²) >= 11 is 11.9. The van der Waals surface area contributed by atoms with Gasteiger partial charge in [-0.1, -0.05) is 23.2 Å². The van der Waals surface area contributed by atoms with Gasteiger partial charge in [0.15, 0.2) is 0 Å². The molecule has 0 spiro atoms. The quantitative estimate of drug-likeness (QED) is 0.837. The molecule has 0 N–H and O–H groups in total. The fraction of sp³-hybridized carbons (Fsp3) is 0.467. The van der Waals surface area contributed by atoms with Crippen molar-refractivity contribution in [2.75, 3.05) is 26.2 Å². The van der Waals surface area contributed by atoms with E-state index in [1.165, 1.54) is 0 Å². The van der Waals surface area contributed by atoms with Crippen molar-refractivity contribution >= 4 is 23.2 Å². The molecule has 0 amide bonds. The van der Waals surface area contributed by atoms with Crippen LogP contribution in [0.15, 0.2) is 30.9 Å². The number of hydrogen-bond acceptors (Lipinski definition) is 4. The lowest BCUT2D eigenvalue weighted by molar-refractivity contribution is 0.152. The molecular weight excluding hydrogens is 323 g/mol. The van der Waals surface area contributed by atoms with Crippen molar-refractivity contribution in [2.45, 2.75) is 18.9 Å². The van der Waals surface area contributed by atoms with E-state index in [-0.39, 0.29) is 0 Å². The topological polar surface area (TPSA) is 43.2 Å². The first kappa shape index (κ1) is 15.6. The monoisotopic (exact) mass is 340 g/mol. The van der Waals surface area contributed by atoms with Gasteiger partial charge in [-0.05, 0) is 31.0 Å². The molecule has 1 aromatic heterocycles. The van der Waals surface area contributed by atoms with Gasteiger partial charge in [-0.25, -0.2) is 9.67 Å². The first-order valence-electron chi connectivity index (χ1n) is 7.36. The SMILES string of the molecule is Clc1cc(Cl)cc(OCCN2CCC(n3cncn3)CC2)c1. The third-order valence-electron chi connectivity index (χ3n) is 3.88. The summed E-state index contributed by atoms with van der Waals surface area (Å²) in [7, 11) is 0. The number of piperidine rings is 1. The molecule has 1 aliphatic rings. The van der Waals surface area contributed by atoms with E-state index >= 15 is 0 Å². The lowest BCUT2D eigenvalue weighted by Gasteiger charge is -2.31. The van der Waals surface area contributed by atoms with Crippen molar-refractivity contribution < 1.29 is 4.74 Å². The van der Waals surface area contributed by atoms with Crippen LogP contribution in [0.1, 0.15) is 18.9 Å². The van der Waals surface area contributed by atoms with Crippen LogP contribution in [0.5, 0.6) is 5.75 Å². The number of likely N-dealkylation sites (tertiary alicyclic amines) is 1. The summed E-state index contributed by atoms with van der Waals surface area (Å²) in [6, 6.07) is 5.73. The zero-order valence-corrected chi connectivity index (χ0v) is 13.7.